The maximum atomic E-state index is 13.5. The molecule has 1 fully saturated rings. The molecule has 2 rings (SSSR count). The zero-order valence-corrected chi connectivity index (χ0v) is 8.25. The second kappa shape index (κ2) is 3.13. The smallest absolute Gasteiger partial charge is 0.293 e. The monoisotopic (exact) mass is 208 g/mol. The van der Waals surface area contributed by atoms with Gasteiger partial charge in [0.2, 0.25) is 5.84 Å². The van der Waals surface area contributed by atoms with E-state index in [1.165, 1.54) is 19.2 Å². The number of halogens is 1. The first-order chi connectivity index (χ1) is 7.06. The molecule has 0 aromatic heterocycles. The van der Waals surface area contributed by atoms with Crippen molar-refractivity contribution in [3.63, 3.8) is 0 Å². The van der Waals surface area contributed by atoms with Crippen LogP contribution in [-0.4, -0.2) is 25.5 Å². The third kappa shape index (κ3) is 1.24. The molecule has 15 heavy (non-hydrogen) atoms. The molecule has 4 nitrogen and oxygen atoms in total. The number of amides is 2. The van der Waals surface area contributed by atoms with Gasteiger partial charge in [-0.3, -0.25) is 10.7 Å². The third-order valence-electron chi connectivity index (χ3n) is 2.69. The van der Waals surface area contributed by atoms with E-state index in [0.29, 0.717) is 0 Å². The van der Waals surface area contributed by atoms with E-state index in [1.54, 1.807) is 12.1 Å². The van der Waals surface area contributed by atoms with Gasteiger partial charge in [0.05, 0.1) is 7.05 Å². The van der Waals surface area contributed by atoms with Crippen LogP contribution in [0.25, 0.3) is 0 Å². The molecule has 78 valence electrons. The van der Waals surface area contributed by atoms with Gasteiger partial charge < -0.3 is 0 Å². The largest absolute Gasteiger partial charge is 0.428 e. The minimum atomic E-state index is -0.471. The van der Waals surface area contributed by atoms with Crippen LogP contribution in [0.4, 0.5) is 14.9 Å². The van der Waals surface area contributed by atoms with E-state index >= 15 is 0 Å². The Bertz CT molecular complexity index is 428. The number of urea groups is 1. The van der Waals surface area contributed by atoms with Crippen LogP contribution in [0.1, 0.15) is 0 Å². The van der Waals surface area contributed by atoms with E-state index in [2.05, 4.69) is 5.32 Å². The predicted molar refractivity (Wildman–Crippen MR) is 55.2 cm³/mol. The molecule has 1 unspecified atom stereocenters. The van der Waals surface area contributed by atoms with Crippen molar-refractivity contribution in [1.82, 2.24) is 9.80 Å². The molecule has 1 heterocycles. The Hall–Kier alpha value is -1.75. The van der Waals surface area contributed by atoms with Crippen LogP contribution in [0.2, 0.25) is 0 Å². The molecule has 5 heteroatoms. The molecule has 1 aliphatic heterocycles. The van der Waals surface area contributed by atoms with Crippen LogP contribution in [0.15, 0.2) is 24.3 Å². The third-order valence-corrected chi connectivity index (χ3v) is 2.69. The van der Waals surface area contributed by atoms with E-state index in [9.17, 15) is 9.18 Å². The fourth-order valence-electron chi connectivity index (χ4n) is 1.67. The first-order valence-electron chi connectivity index (χ1n) is 4.55. The molecule has 2 amide bonds. The molecule has 0 saturated carbocycles. The summed E-state index contributed by atoms with van der Waals surface area (Å²) in [6, 6.07) is 5.65. The second-order valence-corrected chi connectivity index (χ2v) is 3.56. The molecule has 0 radical (unpaired) electrons. The fraction of sp³-hybridized carbons (Fsp3) is 0.200. The number of amidine groups is 1. The molecular formula is C10H11FN3O+. The van der Waals surface area contributed by atoms with Crippen molar-refractivity contribution in [2.45, 2.75) is 0 Å². The number of nitrogens with zero attached hydrogens (tertiary/aromatic N) is 1. The second-order valence-electron chi connectivity index (χ2n) is 3.56. The Kier molecular flexibility index (Phi) is 2.04. The fourth-order valence-corrected chi connectivity index (χ4v) is 1.67. The number of nitrogens with one attached hydrogen (secondary N) is 2. The lowest BCUT2D eigenvalue weighted by molar-refractivity contribution is 0.232. The van der Waals surface area contributed by atoms with Crippen molar-refractivity contribution in [2.24, 2.45) is 0 Å². The summed E-state index contributed by atoms with van der Waals surface area (Å²) in [5, 5.41) is 10.2. The number of hydrogen-bond donors (Lipinski definition) is 2. The van der Waals surface area contributed by atoms with E-state index in [0.717, 1.165) is 0 Å². The molecule has 1 aliphatic rings. The van der Waals surface area contributed by atoms with Crippen LogP contribution in [0.3, 0.4) is 0 Å². The van der Waals surface area contributed by atoms with E-state index in [4.69, 9.17) is 5.41 Å². The summed E-state index contributed by atoms with van der Waals surface area (Å²) in [5.74, 6) is -0.327. The van der Waals surface area contributed by atoms with E-state index in [-0.39, 0.29) is 24.1 Å². The summed E-state index contributed by atoms with van der Waals surface area (Å²) in [6.07, 6.45) is 0. The molecule has 1 saturated heterocycles. The molecule has 0 spiro atoms. The standard InChI is InChI=1S/C10H10FN3O/c1-14(9(12)6-13-10(14)15)8-5-3-2-4-7(8)11/h2-5,12H,6H2,1H3/p+1. The van der Waals surface area contributed by atoms with Crippen molar-refractivity contribution in [3.8, 4) is 0 Å². The maximum Gasteiger partial charge on any atom is 0.428 e. The molecule has 1 aromatic rings. The van der Waals surface area contributed by atoms with Gasteiger partial charge in [0.1, 0.15) is 6.54 Å². The van der Waals surface area contributed by atoms with E-state index in [1.807, 2.05) is 0 Å². The summed E-state index contributed by atoms with van der Waals surface area (Å²) in [7, 11) is 1.52. The Morgan fingerprint density at radius 2 is 2.13 bits per heavy atom. The van der Waals surface area contributed by atoms with Gasteiger partial charge in [-0.2, -0.15) is 4.48 Å². The minimum Gasteiger partial charge on any atom is -0.293 e. The van der Waals surface area contributed by atoms with Crippen LogP contribution in [-0.2, 0) is 0 Å². The van der Waals surface area contributed by atoms with Gasteiger partial charge in [0.15, 0.2) is 11.5 Å². The van der Waals surface area contributed by atoms with Gasteiger partial charge in [0.25, 0.3) is 0 Å². The zero-order valence-electron chi connectivity index (χ0n) is 8.25. The lowest BCUT2D eigenvalue weighted by Crippen LogP contribution is -2.51. The first kappa shape index (κ1) is 9.79. The summed E-state index contributed by atoms with van der Waals surface area (Å²) in [6.45, 7) is 0.170. The Labute approximate surface area is 86.4 Å². The SMILES string of the molecule is C[N+]1(c2ccccc2F)C(=N)CNC1=O. The van der Waals surface area contributed by atoms with Crippen molar-refractivity contribution in [1.29, 1.82) is 5.41 Å². The quantitative estimate of drug-likeness (QED) is 0.674. The number of para-hydroxylation sites is 1. The first-order valence-corrected chi connectivity index (χ1v) is 4.55. The van der Waals surface area contributed by atoms with Crippen molar-refractivity contribution < 1.29 is 9.18 Å². The number of likely N-dealkylation sites (N-methyl/N-ethyl adjacent to an activating group) is 1. The molecule has 1 aromatic carbocycles. The van der Waals surface area contributed by atoms with Gasteiger partial charge in [-0.25, -0.2) is 9.18 Å². The Morgan fingerprint density at radius 1 is 1.47 bits per heavy atom. The maximum absolute atomic E-state index is 13.5. The lowest BCUT2D eigenvalue weighted by atomic mass is 10.2. The van der Waals surface area contributed by atoms with Crippen LogP contribution >= 0.6 is 0 Å². The average Bonchev–Trinajstić information content (AvgIpc) is 2.48. The summed E-state index contributed by atoms with van der Waals surface area (Å²) >= 11 is 0. The molecular weight excluding hydrogens is 197 g/mol. The highest BCUT2D eigenvalue weighted by atomic mass is 19.1. The number of benzene rings is 1. The summed E-state index contributed by atoms with van der Waals surface area (Å²) < 4.78 is 13.1. The number of carbonyl (C=O) groups is 1. The summed E-state index contributed by atoms with van der Waals surface area (Å²) in [5.41, 5.74) is 0.206. The Morgan fingerprint density at radius 3 is 2.67 bits per heavy atom. The lowest BCUT2D eigenvalue weighted by Gasteiger charge is -2.23. The van der Waals surface area contributed by atoms with Gasteiger partial charge in [-0.05, 0) is 6.07 Å². The molecule has 0 aliphatic carbocycles. The van der Waals surface area contributed by atoms with Crippen LogP contribution in [0.5, 0.6) is 0 Å². The van der Waals surface area contributed by atoms with Crippen molar-refractivity contribution in [3.05, 3.63) is 30.1 Å². The number of carbonyl (C=O) groups excluding carboxylic acids is 1. The van der Waals surface area contributed by atoms with Gasteiger partial charge in [-0.1, -0.05) is 12.1 Å². The predicted octanol–water partition coefficient (Wildman–Crippen LogP) is 1.46. The van der Waals surface area contributed by atoms with Crippen LogP contribution in [0, 0.1) is 11.2 Å². The number of quaternary nitrogens is 1. The number of hydrogen-bond acceptors (Lipinski definition) is 2. The molecule has 2 N–H and O–H groups in total. The zero-order chi connectivity index (χ0) is 11.1. The normalized spacial score (nSPS) is 25.5. The minimum absolute atomic E-state index is 0.144. The van der Waals surface area contributed by atoms with Gasteiger partial charge in [-0.15, -0.1) is 0 Å². The van der Waals surface area contributed by atoms with Crippen molar-refractivity contribution >= 4 is 17.6 Å². The topological polar surface area (TPSA) is 53.0 Å². The highest BCUT2D eigenvalue weighted by Gasteiger charge is 2.47. The highest BCUT2D eigenvalue weighted by molar-refractivity contribution is 6.14. The average molecular weight is 208 g/mol. The van der Waals surface area contributed by atoms with Crippen LogP contribution < -0.4 is 9.80 Å². The van der Waals surface area contributed by atoms with Crippen molar-refractivity contribution in [2.75, 3.05) is 13.6 Å². The van der Waals surface area contributed by atoms with Gasteiger partial charge in [0, 0.05) is 6.07 Å². The Balaban J connectivity index is 2.59. The molecule has 1 atom stereocenters. The van der Waals surface area contributed by atoms with E-state index < -0.39 is 10.3 Å². The summed E-state index contributed by atoms with van der Waals surface area (Å²) in [4.78, 5) is 11.6. The van der Waals surface area contributed by atoms with Gasteiger partial charge >= 0.3 is 6.03 Å². The molecule has 0 bridgehead atoms. The highest BCUT2D eigenvalue weighted by Crippen LogP contribution is 2.27. The number of rotatable bonds is 1.